The number of rotatable bonds is 4. The monoisotopic (exact) mass is 370 g/mol. The van der Waals surface area contributed by atoms with Gasteiger partial charge in [-0.1, -0.05) is 29.8 Å². The van der Waals surface area contributed by atoms with Crippen molar-refractivity contribution in [1.82, 2.24) is 19.9 Å². The number of hydrogen-bond donors (Lipinski definition) is 1. The summed E-state index contributed by atoms with van der Waals surface area (Å²) in [5.74, 6) is 1.04. The zero-order valence-electron chi connectivity index (χ0n) is 14.2. The predicted molar refractivity (Wildman–Crippen MR) is 98.4 cm³/mol. The van der Waals surface area contributed by atoms with Crippen LogP contribution < -0.4 is 5.32 Å². The Kier molecular flexibility index (Phi) is 4.86. The van der Waals surface area contributed by atoms with E-state index in [1.807, 2.05) is 40.9 Å². The van der Waals surface area contributed by atoms with E-state index >= 15 is 0 Å². The molecule has 134 valence electrons. The first kappa shape index (κ1) is 17.0. The van der Waals surface area contributed by atoms with Gasteiger partial charge in [-0.25, -0.2) is 0 Å². The van der Waals surface area contributed by atoms with Crippen molar-refractivity contribution in [2.45, 2.75) is 25.3 Å². The Bertz CT molecular complexity index is 934. The van der Waals surface area contributed by atoms with E-state index in [9.17, 15) is 4.79 Å². The van der Waals surface area contributed by atoms with Gasteiger partial charge in [0.05, 0.1) is 5.56 Å². The zero-order valence-corrected chi connectivity index (χ0v) is 14.9. The molecule has 3 heterocycles. The van der Waals surface area contributed by atoms with E-state index in [0.29, 0.717) is 23.0 Å². The number of pyridine rings is 1. The highest BCUT2D eigenvalue weighted by atomic mass is 35.5. The van der Waals surface area contributed by atoms with Gasteiger partial charge in [-0.05, 0) is 36.6 Å². The van der Waals surface area contributed by atoms with Crippen LogP contribution in [0.2, 0.25) is 5.02 Å². The average Bonchev–Trinajstić information content (AvgIpc) is 3.11. The Labute approximate surface area is 156 Å². The highest BCUT2D eigenvalue weighted by Gasteiger charge is 2.21. The smallest absolute Gasteiger partial charge is 0.253 e. The molecule has 1 fully saturated rings. The molecule has 6 nitrogen and oxygen atoms in total. The third-order valence-electron chi connectivity index (χ3n) is 4.67. The molecule has 1 aromatic carbocycles. The summed E-state index contributed by atoms with van der Waals surface area (Å²) in [4.78, 5) is 12.6. The summed E-state index contributed by atoms with van der Waals surface area (Å²) in [5, 5.41) is 12.1. The summed E-state index contributed by atoms with van der Waals surface area (Å²) in [6.07, 6.45) is 3.65. The number of carbonyl (C=O) groups excluding carboxylic acids is 1. The van der Waals surface area contributed by atoms with Crippen LogP contribution in [0.4, 0.5) is 0 Å². The molecule has 0 atom stereocenters. The standard InChI is InChI=1S/C19H19ClN4O2/c20-16-4-2-1-3-14(16)11-21-19(25)15-5-6-17-22-23-18(24(17)12-15)13-7-9-26-10-8-13/h1-6,12-13H,7-11H2,(H,21,25). The summed E-state index contributed by atoms with van der Waals surface area (Å²) in [7, 11) is 0. The third-order valence-corrected chi connectivity index (χ3v) is 5.04. The van der Waals surface area contributed by atoms with Gasteiger partial charge < -0.3 is 10.1 Å². The zero-order chi connectivity index (χ0) is 17.9. The second kappa shape index (κ2) is 7.43. The van der Waals surface area contributed by atoms with Gasteiger partial charge in [0.15, 0.2) is 5.65 Å². The van der Waals surface area contributed by atoms with Crippen LogP contribution in [0.25, 0.3) is 5.65 Å². The Morgan fingerprint density at radius 3 is 2.81 bits per heavy atom. The van der Waals surface area contributed by atoms with Gasteiger partial charge in [0, 0.05) is 36.9 Å². The highest BCUT2D eigenvalue weighted by molar-refractivity contribution is 6.31. The van der Waals surface area contributed by atoms with E-state index in [2.05, 4.69) is 15.5 Å². The summed E-state index contributed by atoms with van der Waals surface area (Å²) in [6, 6.07) is 11.1. The van der Waals surface area contributed by atoms with Crippen molar-refractivity contribution < 1.29 is 9.53 Å². The molecule has 3 aromatic rings. The normalized spacial score (nSPS) is 15.3. The van der Waals surface area contributed by atoms with Gasteiger partial charge in [0.25, 0.3) is 5.91 Å². The van der Waals surface area contributed by atoms with Crippen molar-refractivity contribution in [2.24, 2.45) is 0 Å². The number of ether oxygens (including phenoxy) is 1. The lowest BCUT2D eigenvalue weighted by atomic mass is 9.99. The number of nitrogens with zero attached hydrogens (tertiary/aromatic N) is 3. The lowest BCUT2D eigenvalue weighted by molar-refractivity contribution is 0.0833. The fourth-order valence-electron chi connectivity index (χ4n) is 3.20. The van der Waals surface area contributed by atoms with E-state index in [0.717, 1.165) is 43.1 Å². The van der Waals surface area contributed by atoms with E-state index < -0.39 is 0 Å². The van der Waals surface area contributed by atoms with Gasteiger partial charge in [-0.3, -0.25) is 9.20 Å². The van der Waals surface area contributed by atoms with Gasteiger partial charge in [0.2, 0.25) is 0 Å². The Morgan fingerprint density at radius 2 is 2.00 bits per heavy atom. The fourth-order valence-corrected chi connectivity index (χ4v) is 3.40. The second-order valence-electron chi connectivity index (χ2n) is 6.36. The van der Waals surface area contributed by atoms with Crippen LogP contribution >= 0.6 is 11.6 Å². The first-order chi connectivity index (χ1) is 12.7. The maximum absolute atomic E-state index is 12.6. The number of benzene rings is 1. The molecule has 7 heteroatoms. The minimum atomic E-state index is -0.154. The van der Waals surface area contributed by atoms with Crippen molar-refractivity contribution >= 4 is 23.2 Å². The van der Waals surface area contributed by atoms with Crippen molar-refractivity contribution in [3.8, 4) is 0 Å². The number of fused-ring (bicyclic) bond motifs is 1. The minimum Gasteiger partial charge on any atom is -0.381 e. The van der Waals surface area contributed by atoms with Crippen LogP contribution in [0.3, 0.4) is 0 Å². The van der Waals surface area contributed by atoms with E-state index in [4.69, 9.17) is 16.3 Å². The SMILES string of the molecule is O=C(NCc1ccccc1Cl)c1ccc2nnc(C3CCOCC3)n2c1. The van der Waals surface area contributed by atoms with E-state index in [1.165, 1.54) is 0 Å². The van der Waals surface area contributed by atoms with Gasteiger partial charge in [0.1, 0.15) is 5.82 Å². The molecule has 4 rings (SSSR count). The number of halogens is 1. The molecule has 0 saturated carbocycles. The predicted octanol–water partition coefficient (Wildman–Crippen LogP) is 3.21. The number of amides is 1. The Hall–Kier alpha value is -2.44. The molecule has 1 aliphatic heterocycles. The Balaban J connectivity index is 1.54. The number of hydrogen-bond acceptors (Lipinski definition) is 4. The largest absolute Gasteiger partial charge is 0.381 e. The van der Waals surface area contributed by atoms with Gasteiger partial charge >= 0.3 is 0 Å². The average molecular weight is 371 g/mol. The van der Waals surface area contributed by atoms with Crippen LogP contribution in [0.1, 0.15) is 40.5 Å². The van der Waals surface area contributed by atoms with Crippen LogP contribution in [-0.4, -0.2) is 33.7 Å². The lowest BCUT2D eigenvalue weighted by Crippen LogP contribution is -2.23. The second-order valence-corrected chi connectivity index (χ2v) is 6.77. The van der Waals surface area contributed by atoms with Crippen molar-refractivity contribution in [1.29, 1.82) is 0 Å². The maximum Gasteiger partial charge on any atom is 0.253 e. The fraction of sp³-hybridized carbons (Fsp3) is 0.316. The number of nitrogens with one attached hydrogen (secondary N) is 1. The van der Waals surface area contributed by atoms with Gasteiger partial charge in [-0.15, -0.1) is 10.2 Å². The topological polar surface area (TPSA) is 68.5 Å². The highest BCUT2D eigenvalue weighted by Crippen LogP contribution is 2.26. The first-order valence-corrected chi connectivity index (χ1v) is 9.04. The molecular formula is C19H19ClN4O2. The summed E-state index contributed by atoms with van der Waals surface area (Å²) in [6.45, 7) is 1.85. The molecular weight excluding hydrogens is 352 g/mol. The summed E-state index contributed by atoms with van der Waals surface area (Å²) < 4.78 is 7.34. The minimum absolute atomic E-state index is 0.154. The van der Waals surface area contributed by atoms with E-state index in [1.54, 1.807) is 6.07 Å². The summed E-state index contributed by atoms with van der Waals surface area (Å²) >= 11 is 6.14. The quantitative estimate of drug-likeness (QED) is 0.765. The molecule has 26 heavy (non-hydrogen) atoms. The molecule has 0 aliphatic carbocycles. The number of carbonyl (C=O) groups is 1. The molecule has 0 unspecified atom stereocenters. The summed E-state index contributed by atoms with van der Waals surface area (Å²) in [5.41, 5.74) is 2.20. The van der Waals surface area contributed by atoms with Crippen LogP contribution in [-0.2, 0) is 11.3 Å². The molecule has 0 spiro atoms. The molecule has 1 N–H and O–H groups in total. The molecule has 1 amide bonds. The molecule has 2 aromatic heterocycles. The maximum atomic E-state index is 12.6. The first-order valence-electron chi connectivity index (χ1n) is 8.66. The van der Waals surface area contributed by atoms with Crippen molar-refractivity contribution in [3.05, 3.63) is 64.6 Å². The molecule has 1 saturated heterocycles. The van der Waals surface area contributed by atoms with Crippen molar-refractivity contribution in [2.75, 3.05) is 13.2 Å². The van der Waals surface area contributed by atoms with Gasteiger partial charge in [-0.2, -0.15) is 0 Å². The number of aromatic nitrogens is 3. The lowest BCUT2D eigenvalue weighted by Gasteiger charge is -2.20. The van der Waals surface area contributed by atoms with Crippen LogP contribution in [0, 0.1) is 0 Å². The molecule has 0 radical (unpaired) electrons. The van der Waals surface area contributed by atoms with Crippen LogP contribution in [0.5, 0.6) is 0 Å². The Morgan fingerprint density at radius 1 is 1.19 bits per heavy atom. The molecule has 0 bridgehead atoms. The third kappa shape index (κ3) is 3.43. The molecule has 1 aliphatic rings. The van der Waals surface area contributed by atoms with E-state index in [-0.39, 0.29) is 5.91 Å². The van der Waals surface area contributed by atoms with Crippen molar-refractivity contribution in [3.63, 3.8) is 0 Å². The van der Waals surface area contributed by atoms with Crippen LogP contribution in [0.15, 0.2) is 42.6 Å².